The Morgan fingerprint density at radius 1 is 1.03 bits per heavy atom. The first-order valence-electron chi connectivity index (χ1n) is 11.9. The predicted octanol–water partition coefficient (Wildman–Crippen LogP) is 2.54. The van der Waals surface area contributed by atoms with Crippen LogP contribution in [0.1, 0.15) is 30.9 Å². The minimum absolute atomic E-state index is 0.312. The Morgan fingerprint density at radius 3 is 2.32 bits per heavy atom. The van der Waals surface area contributed by atoms with Crippen LogP contribution in [0, 0.1) is 0 Å². The van der Waals surface area contributed by atoms with Crippen LogP contribution in [0.25, 0.3) is 0 Å². The summed E-state index contributed by atoms with van der Waals surface area (Å²) in [6.45, 7) is 9.56. The molecule has 0 saturated carbocycles. The number of morpholine rings is 2. The number of nitrogens with one attached hydrogen (secondary N) is 1. The van der Waals surface area contributed by atoms with Gasteiger partial charge in [-0.1, -0.05) is 30.3 Å². The van der Waals surface area contributed by atoms with E-state index in [1.165, 1.54) is 0 Å². The zero-order chi connectivity index (χ0) is 23.5. The van der Waals surface area contributed by atoms with E-state index in [-0.39, 0.29) is 11.9 Å². The number of fused-ring (bicyclic) bond motifs is 1. The fraction of sp³-hybridized carbons (Fsp3) is 0.480. The third kappa shape index (κ3) is 4.33. The van der Waals surface area contributed by atoms with Gasteiger partial charge >= 0.3 is 5.97 Å². The normalized spacial score (nSPS) is 20.6. The summed E-state index contributed by atoms with van der Waals surface area (Å²) in [4.78, 5) is 27.6. The Labute approximate surface area is 199 Å². The Kier molecular flexibility index (Phi) is 6.64. The van der Waals surface area contributed by atoms with Crippen LogP contribution in [-0.2, 0) is 19.0 Å². The van der Waals surface area contributed by atoms with Crippen LogP contribution >= 0.6 is 0 Å². The number of anilines is 3. The molecular formula is C25H31N5O4. The van der Waals surface area contributed by atoms with Gasteiger partial charge in [-0.15, -0.1) is 0 Å². The molecule has 1 unspecified atom stereocenters. The van der Waals surface area contributed by atoms with E-state index in [4.69, 9.17) is 24.2 Å². The number of nitrogens with zero attached hydrogens (tertiary/aromatic N) is 4. The van der Waals surface area contributed by atoms with E-state index in [1.54, 1.807) is 0 Å². The molecule has 0 spiro atoms. The Balaban J connectivity index is 1.70. The van der Waals surface area contributed by atoms with Crippen LogP contribution in [0.4, 0.5) is 17.6 Å². The lowest BCUT2D eigenvalue weighted by Crippen LogP contribution is -2.41. The van der Waals surface area contributed by atoms with Crippen molar-refractivity contribution < 1.29 is 19.0 Å². The number of esters is 1. The average molecular weight is 466 g/mol. The summed E-state index contributed by atoms with van der Waals surface area (Å²) in [5.74, 6) is 1.59. The maximum atomic E-state index is 13.2. The first kappa shape index (κ1) is 22.6. The SMILES string of the molecule is CCOC(=O)C1=C(C)Nc2nc(N3CCOCC3)nc(N3CCOCC3)c2C1c1ccccc1. The molecule has 2 fully saturated rings. The van der Waals surface area contributed by atoms with Crippen molar-refractivity contribution in [2.24, 2.45) is 0 Å². The summed E-state index contributed by atoms with van der Waals surface area (Å²) in [5.41, 5.74) is 3.25. The summed E-state index contributed by atoms with van der Waals surface area (Å²) in [7, 11) is 0. The molecule has 0 radical (unpaired) electrons. The number of allylic oxidation sites excluding steroid dienone is 1. The topological polar surface area (TPSA) is 89.0 Å². The van der Waals surface area contributed by atoms with Crippen molar-refractivity contribution in [1.29, 1.82) is 0 Å². The predicted molar refractivity (Wildman–Crippen MR) is 129 cm³/mol. The van der Waals surface area contributed by atoms with E-state index >= 15 is 0 Å². The molecule has 1 aromatic heterocycles. The summed E-state index contributed by atoms with van der Waals surface area (Å²) in [6.07, 6.45) is 0. The summed E-state index contributed by atoms with van der Waals surface area (Å²) in [6, 6.07) is 10.1. The van der Waals surface area contributed by atoms with Gasteiger partial charge < -0.3 is 29.3 Å². The molecule has 2 aromatic rings. The minimum Gasteiger partial charge on any atom is -0.463 e. The number of hydrogen-bond donors (Lipinski definition) is 1. The molecule has 4 heterocycles. The molecule has 1 N–H and O–H groups in total. The van der Waals surface area contributed by atoms with Crippen LogP contribution in [0.5, 0.6) is 0 Å². The smallest absolute Gasteiger partial charge is 0.336 e. The maximum absolute atomic E-state index is 13.2. The van der Waals surface area contributed by atoms with Gasteiger partial charge in [-0.05, 0) is 19.4 Å². The van der Waals surface area contributed by atoms with Crippen molar-refractivity contribution in [3.63, 3.8) is 0 Å². The fourth-order valence-corrected chi connectivity index (χ4v) is 4.79. The van der Waals surface area contributed by atoms with Gasteiger partial charge in [0.2, 0.25) is 5.95 Å². The van der Waals surface area contributed by atoms with Crippen LogP contribution in [0.2, 0.25) is 0 Å². The molecule has 5 rings (SSSR count). The highest BCUT2D eigenvalue weighted by Crippen LogP contribution is 2.46. The van der Waals surface area contributed by atoms with E-state index in [0.29, 0.717) is 44.6 Å². The zero-order valence-electron chi connectivity index (χ0n) is 19.7. The third-order valence-electron chi connectivity index (χ3n) is 6.43. The second-order valence-corrected chi connectivity index (χ2v) is 8.54. The first-order chi connectivity index (χ1) is 16.7. The van der Waals surface area contributed by atoms with E-state index < -0.39 is 0 Å². The first-order valence-corrected chi connectivity index (χ1v) is 11.9. The number of benzene rings is 1. The second kappa shape index (κ2) is 9.99. The molecule has 180 valence electrons. The minimum atomic E-state index is -0.340. The van der Waals surface area contributed by atoms with Crippen molar-refractivity contribution in [3.8, 4) is 0 Å². The van der Waals surface area contributed by atoms with Gasteiger partial charge in [0.15, 0.2) is 0 Å². The lowest BCUT2D eigenvalue weighted by molar-refractivity contribution is -0.138. The lowest BCUT2D eigenvalue weighted by atomic mass is 9.81. The third-order valence-corrected chi connectivity index (χ3v) is 6.43. The van der Waals surface area contributed by atoms with E-state index in [9.17, 15) is 4.79 Å². The van der Waals surface area contributed by atoms with Gasteiger partial charge in [0.1, 0.15) is 11.6 Å². The molecule has 3 aliphatic rings. The quantitative estimate of drug-likeness (QED) is 0.669. The zero-order valence-corrected chi connectivity index (χ0v) is 19.7. The van der Waals surface area contributed by atoms with Crippen LogP contribution in [0.3, 0.4) is 0 Å². The maximum Gasteiger partial charge on any atom is 0.336 e. The summed E-state index contributed by atoms with van der Waals surface area (Å²) in [5, 5.41) is 3.42. The Hall–Kier alpha value is -3.17. The van der Waals surface area contributed by atoms with Crippen molar-refractivity contribution in [3.05, 3.63) is 52.7 Å². The van der Waals surface area contributed by atoms with E-state index in [0.717, 1.165) is 54.6 Å². The highest BCUT2D eigenvalue weighted by Gasteiger charge is 2.38. The molecule has 9 nitrogen and oxygen atoms in total. The van der Waals surface area contributed by atoms with Crippen LogP contribution in [0.15, 0.2) is 41.6 Å². The second-order valence-electron chi connectivity index (χ2n) is 8.54. The Bertz CT molecular complexity index is 1060. The molecule has 3 aliphatic heterocycles. The highest BCUT2D eigenvalue weighted by atomic mass is 16.5. The summed E-state index contributed by atoms with van der Waals surface area (Å²) >= 11 is 0. The van der Waals surface area contributed by atoms with Crippen LogP contribution < -0.4 is 15.1 Å². The number of carbonyl (C=O) groups is 1. The molecule has 1 atom stereocenters. The monoisotopic (exact) mass is 465 g/mol. The highest BCUT2D eigenvalue weighted by molar-refractivity contribution is 5.95. The molecule has 0 amide bonds. The van der Waals surface area contributed by atoms with Gasteiger partial charge in [0.05, 0.1) is 44.5 Å². The van der Waals surface area contributed by atoms with Gasteiger partial charge in [-0.3, -0.25) is 0 Å². The molecule has 34 heavy (non-hydrogen) atoms. The average Bonchev–Trinajstić information content (AvgIpc) is 2.89. The standard InChI is InChI=1S/C25H31N5O4/c1-3-34-24(31)19-17(2)26-22-21(20(19)18-7-5-4-6-8-18)23(29-9-13-32-14-10-29)28-25(27-22)30-11-15-33-16-12-30/h4-8,20H,3,9-16H2,1-2H3,(H,26,27,28). The van der Waals surface area contributed by atoms with Crippen molar-refractivity contribution >= 4 is 23.6 Å². The number of ether oxygens (including phenoxy) is 3. The van der Waals surface area contributed by atoms with E-state index in [1.807, 2.05) is 44.2 Å². The van der Waals surface area contributed by atoms with Gasteiger partial charge in [-0.2, -0.15) is 9.97 Å². The number of hydrogen-bond acceptors (Lipinski definition) is 9. The van der Waals surface area contributed by atoms with E-state index in [2.05, 4.69) is 15.1 Å². The van der Waals surface area contributed by atoms with Gasteiger partial charge in [0, 0.05) is 37.4 Å². The van der Waals surface area contributed by atoms with Gasteiger partial charge in [0.25, 0.3) is 0 Å². The molecule has 1 aromatic carbocycles. The summed E-state index contributed by atoms with van der Waals surface area (Å²) < 4.78 is 16.6. The fourth-order valence-electron chi connectivity index (χ4n) is 4.79. The molecule has 0 bridgehead atoms. The van der Waals surface area contributed by atoms with Crippen LogP contribution in [-0.4, -0.2) is 75.2 Å². The molecular weight excluding hydrogens is 434 g/mol. The Morgan fingerprint density at radius 2 is 1.68 bits per heavy atom. The molecule has 9 heteroatoms. The van der Waals surface area contributed by atoms with Crippen molar-refractivity contribution in [2.75, 3.05) is 74.3 Å². The number of rotatable bonds is 5. The lowest BCUT2D eigenvalue weighted by Gasteiger charge is -2.37. The largest absolute Gasteiger partial charge is 0.463 e. The van der Waals surface area contributed by atoms with Crippen molar-refractivity contribution in [2.45, 2.75) is 19.8 Å². The van der Waals surface area contributed by atoms with Gasteiger partial charge in [-0.25, -0.2) is 4.79 Å². The van der Waals surface area contributed by atoms with Crippen molar-refractivity contribution in [1.82, 2.24) is 9.97 Å². The molecule has 2 saturated heterocycles. The number of aromatic nitrogens is 2. The molecule has 0 aliphatic carbocycles. The number of carbonyl (C=O) groups excluding carboxylic acids is 1.